The number of hydrogen-bond acceptors (Lipinski definition) is 25. The van der Waals surface area contributed by atoms with Crippen LogP contribution in [0.25, 0.3) is 0 Å². The quantitative estimate of drug-likeness (QED) is 0.0313. The molecule has 0 bridgehead atoms. The Bertz CT molecular complexity index is 2030. The van der Waals surface area contributed by atoms with Crippen LogP contribution in [0, 0.1) is 0 Å². The Labute approximate surface area is 761 Å². The van der Waals surface area contributed by atoms with E-state index in [1.165, 1.54) is 19.3 Å². The Morgan fingerprint density at radius 3 is 0.634 bits per heavy atom. The molecule has 0 aliphatic heterocycles. The molecule has 0 aromatic carbocycles. The fraction of sp³-hybridized carbons (Fsp3) is 1.00. The second-order valence-corrected chi connectivity index (χ2v) is 103. The van der Waals surface area contributed by atoms with Gasteiger partial charge in [-0.05, 0) is 227 Å². The molecule has 0 amide bonds. The molecule has 0 aromatic heterocycles. The van der Waals surface area contributed by atoms with Gasteiger partial charge in [-0.25, -0.2) is 0 Å². The van der Waals surface area contributed by atoms with Crippen LogP contribution >= 0.6 is 0 Å². The van der Waals surface area contributed by atoms with Gasteiger partial charge in [0.25, 0.3) is 5.97 Å². The zero-order valence-electron chi connectivity index (χ0n) is 80.2. The fourth-order valence-corrected chi connectivity index (χ4v) is 75.5. The van der Waals surface area contributed by atoms with E-state index in [4.69, 9.17) is 109 Å². The van der Waals surface area contributed by atoms with E-state index in [-0.39, 0.29) is 91.7 Å². The molecule has 682 valence electrons. The van der Waals surface area contributed by atoms with Crippen LogP contribution in [-0.2, 0) is 193 Å². The predicted octanol–water partition coefficient (Wildman–Crippen LogP) is 19.5. The van der Waals surface area contributed by atoms with Crippen LogP contribution in [-0.4, -0.2) is 270 Å². The molecule has 0 aliphatic carbocycles. The van der Waals surface area contributed by atoms with Crippen LogP contribution in [0.3, 0.4) is 0 Å². The first kappa shape index (κ1) is 142. The van der Waals surface area contributed by atoms with Gasteiger partial charge in [0, 0.05) is 241 Å². The summed E-state index contributed by atoms with van der Waals surface area (Å²) >= 11 is 0. The van der Waals surface area contributed by atoms with Crippen molar-refractivity contribution in [1.29, 1.82) is 0 Å². The maximum absolute atomic E-state index is 7.22. The summed E-state index contributed by atoms with van der Waals surface area (Å²) in [4.78, 5) is 0. The standard InChI is InChI=1S/C25H66O13Si7.C14H40O6Si5.C10H28O4Si3.C6H18OSi2.C6H14O.C3H8.CH4.Rf.4W/c1-26-25(27-2,28-3)19-20-40(13,14)36-45(35-39(10,11)12,37-41(15,16)21-23-43(29-4,30-5)31-6)38-42(17,18)22-24-44(32-7,33-8)34-9;1-15-25(16-2,17-3)14-13-23(10,11)20-24(12,18-21(4,5)6)19-22(7,8)9;1-11-17(12-2,13-3)10-9-16(7,8)14-15(4,5)6;1-8(2,3)7-9(4,5)6;1-3-5-6-7-4-2;1-3-2;;;;;;/h19-24H2,1-18H3;13-14H2,1-12H3;9-10H2,1-8H3;1-6H3;3-6H2,1-2H3;3H2,1-2H3;1H4;;;;;. The molecule has 0 rings (SSSR count). The summed E-state index contributed by atoms with van der Waals surface area (Å²) in [6, 6.07) is 6.68. The molecule has 112 heavy (non-hydrogen) atoms. The summed E-state index contributed by atoms with van der Waals surface area (Å²) in [5.41, 5.74) is 0. The second-order valence-electron chi connectivity index (χ2n) is 35.0. The monoisotopic (exact) mass is 2840 g/mol. The van der Waals surface area contributed by atoms with Crippen molar-refractivity contribution in [2.24, 2.45) is 0 Å². The molecular weight excluding hydrogens is 2660 g/mol. The SMILES string of the molecule is C.CCC.CCCCOCC.COC(CC[Si](C)(C)O[Si](O[Si](C)(C)C)(O[Si](C)(C)CC[Si](OC)(OC)OC)O[Si](C)(C)CC[Si](OC)(OC)OC)(OC)OC.CO[Si](CC[Si](C)(C)O[Si](C)(C)C)(OC)OC.CO[Si](CC[Si](C)(C)O[Si](C)(O[Si](C)(C)C)O[Si](C)(C)C)(OC)OC.C[Si](C)(C)O[Si](C)(C)C.[Rf].[W].[W].[W].[W]. The van der Waals surface area contributed by atoms with Crippen molar-refractivity contribution < 1.29 is 193 Å². The molecule has 0 radical (unpaired) electrons. The molecule has 0 spiro atoms. The van der Waals surface area contributed by atoms with E-state index in [9.17, 15) is 0 Å². The normalized spacial score (nSPS) is 13.3. The van der Waals surface area contributed by atoms with E-state index in [2.05, 4.69) is 211 Å². The van der Waals surface area contributed by atoms with Gasteiger partial charge in [-0.2, -0.15) is 0 Å². The van der Waals surface area contributed by atoms with Crippen molar-refractivity contribution in [2.75, 3.05) is 120 Å². The van der Waals surface area contributed by atoms with E-state index >= 15 is 0 Å². The first-order chi connectivity index (χ1) is 47.6. The van der Waals surface area contributed by atoms with Gasteiger partial charge in [-0.15, -0.1) is 0 Å². The average Bonchev–Trinajstić information content (AvgIpc) is 0.773. The molecule has 0 atom stereocenters. The zero-order chi connectivity index (χ0) is 85.3. The number of methoxy groups -OCH3 is 3. The topological polar surface area (TPSA) is 231 Å². The summed E-state index contributed by atoms with van der Waals surface area (Å²) in [6.45, 7) is 73.8. The maximum atomic E-state index is 7.22. The molecule has 0 unspecified atom stereocenters. The van der Waals surface area contributed by atoms with E-state index < -0.39 is 151 Å². The van der Waals surface area contributed by atoms with Gasteiger partial charge in [-0.3, -0.25) is 0 Å². The zero-order valence-corrected chi connectivity index (χ0v) is 115. The summed E-state index contributed by atoms with van der Waals surface area (Å²) < 4.78 is 150. The first-order valence-corrected chi connectivity index (χ1v) is 85.4. The molecule has 0 fully saturated rings. The summed E-state index contributed by atoms with van der Waals surface area (Å²) in [7, 11) is -14.0. The molecule has 25 nitrogen and oxygen atoms in total. The summed E-state index contributed by atoms with van der Waals surface area (Å²) in [5, 5.41) is 0. The van der Waals surface area contributed by atoms with Gasteiger partial charge < -0.3 is 109 Å². The van der Waals surface area contributed by atoms with Crippen LogP contribution in [0.4, 0.5) is 0 Å². The predicted molar refractivity (Wildman–Crippen MR) is 487 cm³/mol. The third-order valence-electron chi connectivity index (χ3n) is 15.0. The Hall–Kier alpha value is 4.44. The van der Waals surface area contributed by atoms with E-state index in [1.54, 1.807) is 107 Å². The largest absolute Gasteiger partial charge is 0.636 e. The minimum Gasteiger partial charge on any atom is -0.456 e. The van der Waals surface area contributed by atoms with Gasteiger partial charge in [0.2, 0.25) is 0 Å². The van der Waals surface area contributed by atoms with Gasteiger partial charge in [0.1, 0.15) is 0 Å². The minimum atomic E-state index is -3.81. The van der Waals surface area contributed by atoms with Crippen molar-refractivity contribution in [3.05, 3.63) is 0 Å². The summed E-state index contributed by atoms with van der Waals surface area (Å²) in [6.07, 6.45) is 4.15. The first-order valence-electron chi connectivity index (χ1n) is 37.8. The van der Waals surface area contributed by atoms with Crippen LogP contribution in [0.5, 0.6) is 0 Å². The molecule has 0 N–H and O–H groups in total. The van der Waals surface area contributed by atoms with Crippen molar-refractivity contribution in [3.63, 3.8) is 0 Å². The number of unbranched alkanes of at least 4 members (excludes halogenated alkanes) is 1. The van der Waals surface area contributed by atoms with Gasteiger partial charge in [0.05, 0.1) is 0 Å². The molecule has 0 aliphatic rings. The van der Waals surface area contributed by atoms with Crippen LogP contribution in [0.2, 0.25) is 244 Å². The molecule has 47 heteroatoms. The van der Waals surface area contributed by atoms with Crippen molar-refractivity contribution in [1.82, 2.24) is 0 Å². The smallest absolute Gasteiger partial charge is 0.456 e. The summed E-state index contributed by atoms with van der Waals surface area (Å²) in [5.74, 6) is -1.18. The minimum absolute atomic E-state index is 0. The van der Waals surface area contributed by atoms with Crippen LogP contribution < -0.4 is 0 Å². The molecule has 0 heterocycles. The Morgan fingerprint density at radius 1 is 0.250 bits per heavy atom. The van der Waals surface area contributed by atoms with Crippen molar-refractivity contribution >= 4 is 145 Å². The third-order valence-corrected chi connectivity index (χ3v) is 69.3. The van der Waals surface area contributed by atoms with Crippen LogP contribution in [0.15, 0.2) is 0 Å². The Kier molecular flexibility index (Phi) is 82.6. The molecule has 0 aromatic rings. The van der Waals surface area contributed by atoms with E-state index in [1.807, 2.05) is 6.92 Å². The van der Waals surface area contributed by atoms with Crippen LogP contribution in [0.1, 0.15) is 60.8 Å². The van der Waals surface area contributed by atoms with Crippen molar-refractivity contribution in [3.8, 4) is 0 Å². The average molecular weight is 2840 g/mol. The molecule has 0 saturated carbocycles. The Morgan fingerprint density at radius 2 is 0.455 bits per heavy atom. The number of rotatable bonds is 52. The van der Waals surface area contributed by atoms with Crippen molar-refractivity contribution in [2.45, 2.75) is 311 Å². The third kappa shape index (κ3) is 72.6. The van der Waals surface area contributed by atoms with Gasteiger partial charge >= 0.3 is 53.1 Å². The number of ether oxygens (including phenoxy) is 4. The van der Waals surface area contributed by atoms with Gasteiger partial charge in [0.15, 0.2) is 91.5 Å². The molecular formula is C65H178O25RfSi17W4. The second kappa shape index (κ2) is 65.1. The molecule has 0 saturated heterocycles. The maximum Gasteiger partial charge on any atom is 0.636 e. The Balaban J connectivity index is -0.000000125. The fourth-order valence-electron chi connectivity index (χ4n) is 10.6. The van der Waals surface area contributed by atoms with Gasteiger partial charge in [-0.1, -0.05) is 41.0 Å². The van der Waals surface area contributed by atoms with E-state index in [0.29, 0.717) is 36.6 Å². The van der Waals surface area contributed by atoms with E-state index in [0.717, 1.165) is 37.4 Å². The number of hydrogen-bond donors (Lipinski definition) is 0.